The summed E-state index contributed by atoms with van der Waals surface area (Å²) in [7, 11) is 1.93. The van der Waals surface area contributed by atoms with E-state index in [0.29, 0.717) is 18.5 Å². The topological polar surface area (TPSA) is 45.2 Å². The molecule has 4 nitrogen and oxygen atoms in total. The van der Waals surface area contributed by atoms with Gasteiger partial charge >= 0.3 is 6.03 Å². The fourth-order valence-corrected chi connectivity index (χ4v) is 5.16. The molecule has 2 saturated carbocycles. The van der Waals surface area contributed by atoms with Gasteiger partial charge in [0.05, 0.1) is 17.2 Å². The summed E-state index contributed by atoms with van der Waals surface area (Å²) in [5.74, 6) is 1.86. The van der Waals surface area contributed by atoms with E-state index in [1.807, 2.05) is 23.7 Å². The van der Waals surface area contributed by atoms with Gasteiger partial charge in [-0.2, -0.15) is 11.8 Å². The fraction of sp³-hybridized carbons (Fsp3) is 0.750. The van der Waals surface area contributed by atoms with E-state index in [0.717, 1.165) is 23.8 Å². The number of rotatable bonds is 6. The first-order chi connectivity index (χ1) is 10.7. The van der Waals surface area contributed by atoms with Crippen LogP contribution in [0.25, 0.3) is 0 Å². The molecule has 2 atom stereocenters. The molecule has 0 saturated heterocycles. The molecule has 6 heteroatoms. The highest BCUT2D eigenvalue weighted by molar-refractivity contribution is 7.99. The van der Waals surface area contributed by atoms with Crippen molar-refractivity contribution >= 4 is 29.1 Å². The summed E-state index contributed by atoms with van der Waals surface area (Å²) in [6.07, 6.45) is 6.05. The standard InChI is InChI=1S/C16H25N3OS2/c1-3-21-14-7-6-13(8-14)19(2)16(20)17-9-12-10-22-15(18-12)11-4-5-11/h10-11,13-14H,3-9H2,1-2H3,(H,17,20)/t13-,14+/m1/s1. The summed E-state index contributed by atoms with van der Waals surface area (Å²) in [4.78, 5) is 18.8. The summed E-state index contributed by atoms with van der Waals surface area (Å²) in [6, 6.07) is 0.426. The minimum absolute atomic E-state index is 0.0353. The minimum atomic E-state index is 0.0353. The van der Waals surface area contributed by atoms with Gasteiger partial charge in [-0.25, -0.2) is 9.78 Å². The molecule has 1 aromatic rings. The molecule has 2 amide bonds. The number of hydrogen-bond donors (Lipinski definition) is 1. The maximum absolute atomic E-state index is 12.3. The number of carbonyl (C=O) groups excluding carboxylic acids is 1. The molecule has 0 spiro atoms. The molecule has 0 unspecified atom stereocenters. The highest BCUT2D eigenvalue weighted by Gasteiger charge is 2.30. The van der Waals surface area contributed by atoms with Crippen molar-refractivity contribution in [3.63, 3.8) is 0 Å². The minimum Gasteiger partial charge on any atom is -0.332 e. The fourth-order valence-electron chi connectivity index (χ4n) is 3.03. The van der Waals surface area contributed by atoms with Crippen molar-refractivity contribution in [1.82, 2.24) is 15.2 Å². The summed E-state index contributed by atoms with van der Waals surface area (Å²) in [5, 5.41) is 7.07. The lowest BCUT2D eigenvalue weighted by molar-refractivity contribution is 0.190. The molecule has 1 N–H and O–H groups in total. The van der Waals surface area contributed by atoms with Gasteiger partial charge in [-0.15, -0.1) is 11.3 Å². The average Bonchev–Trinajstić information content (AvgIpc) is 3.08. The van der Waals surface area contributed by atoms with Gasteiger partial charge < -0.3 is 10.2 Å². The van der Waals surface area contributed by atoms with Crippen molar-refractivity contribution in [2.45, 2.75) is 62.8 Å². The molecule has 122 valence electrons. The molecule has 3 rings (SSSR count). The van der Waals surface area contributed by atoms with E-state index in [9.17, 15) is 4.79 Å². The summed E-state index contributed by atoms with van der Waals surface area (Å²) in [6.45, 7) is 2.75. The smallest absolute Gasteiger partial charge is 0.317 e. The monoisotopic (exact) mass is 339 g/mol. The molecule has 0 aromatic carbocycles. The average molecular weight is 340 g/mol. The number of urea groups is 1. The highest BCUT2D eigenvalue weighted by Crippen LogP contribution is 2.41. The molecule has 0 aliphatic heterocycles. The predicted octanol–water partition coefficient (Wildman–Crippen LogP) is 3.84. The maximum Gasteiger partial charge on any atom is 0.317 e. The lowest BCUT2D eigenvalue weighted by Crippen LogP contribution is -2.42. The van der Waals surface area contributed by atoms with E-state index in [4.69, 9.17) is 0 Å². The molecule has 2 aliphatic rings. The van der Waals surface area contributed by atoms with E-state index in [-0.39, 0.29) is 6.03 Å². The molecule has 1 heterocycles. The Morgan fingerprint density at radius 3 is 3.00 bits per heavy atom. The zero-order valence-electron chi connectivity index (χ0n) is 13.4. The number of nitrogens with zero attached hydrogens (tertiary/aromatic N) is 2. The van der Waals surface area contributed by atoms with Gasteiger partial charge in [0.1, 0.15) is 0 Å². The Hall–Kier alpha value is -0.750. The molecule has 2 fully saturated rings. The van der Waals surface area contributed by atoms with Crippen molar-refractivity contribution in [1.29, 1.82) is 0 Å². The Labute approximate surface area is 141 Å². The lowest BCUT2D eigenvalue weighted by atomic mass is 10.2. The van der Waals surface area contributed by atoms with Crippen LogP contribution >= 0.6 is 23.1 Å². The molecule has 22 heavy (non-hydrogen) atoms. The number of thioether (sulfide) groups is 1. The van der Waals surface area contributed by atoms with E-state index in [1.54, 1.807) is 11.3 Å². The van der Waals surface area contributed by atoms with Crippen LogP contribution in [0.2, 0.25) is 0 Å². The number of carbonyl (C=O) groups is 1. The van der Waals surface area contributed by atoms with Gasteiger partial charge in [-0.1, -0.05) is 6.92 Å². The number of aromatic nitrogens is 1. The molecular weight excluding hydrogens is 314 g/mol. The van der Waals surface area contributed by atoms with Crippen LogP contribution in [0.4, 0.5) is 4.79 Å². The van der Waals surface area contributed by atoms with Crippen LogP contribution in [0, 0.1) is 0 Å². The largest absolute Gasteiger partial charge is 0.332 e. The Kier molecular flexibility index (Phi) is 5.29. The third kappa shape index (κ3) is 3.96. The van der Waals surface area contributed by atoms with Crippen molar-refractivity contribution < 1.29 is 4.79 Å². The Morgan fingerprint density at radius 2 is 2.27 bits per heavy atom. The first-order valence-electron chi connectivity index (χ1n) is 8.24. The van der Waals surface area contributed by atoms with Gasteiger partial charge in [0.25, 0.3) is 0 Å². The van der Waals surface area contributed by atoms with Crippen LogP contribution in [0.5, 0.6) is 0 Å². The first kappa shape index (κ1) is 16.1. The number of hydrogen-bond acceptors (Lipinski definition) is 4. The Morgan fingerprint density at radius 1 is 1.45 bits per heavy atom. The van der Waals surface area contributed by atoms with Crippen molar-refractivity contribution in [2.24, 2.45) is 0 Å². The van der Waals surface area contributed by atoms with Crippen molar-refractivity contribution in [3.8, 4) is 0 Å². The van der Waals surface area contributed by atoms with Gasteiger partial charge in [0, 0.05) is 29.6 Å². The lowest BCUT2D eigenvalue weighted by Gasteiger charge is -2.24. The Balaban J connectivity index is 1.44. The predicted molar refractivity (Wildman–Crippen MR) is 93.6 cm³/mol. The second kappa shape index (κ2) is 7.21. The second-order valence-electron chi connectivity index (χ2n) is 6.27. The molecule has 0 radical (unpaired) electrons. The number of nitrogens with one attached hydrogen (secondary N) is 1. The normalized spacial score (nSPS) is 24.5. The summed E-state index contributed by atoms with van der Waals surface area (Å²) in [5.41, 5.74) is 1.000. The van der Waals surface area contributed by atoms with E-state index in [2.05, 4.69) is 22.6 Å². The Bertz CT molecular complexity index is 515. The van der Waals surface area contributed by atoms with Crippen LogP contribution < -0.4 is 5.32 Å². The zero-order valence-corrected chi connectivity index (χ0v) is 15.0. The molecule has 1 aromatic heterocycles. The number of thiazole rings is 1. The number of amides is 2. The van der Waals surface area contributed by atoms with E-state index < -0.39 is 0 Å². The van der Waals surface area contributed by atoms with Gasteiger partial charge in [0.2, 0.25) is 0 Å². The third-order valence-corrected chi connectivity index (χ3v) is 6.83. The molecule has 0 bridgehead atoms. The van der Waals surface area contributed by atoms with Crippen LogP contribution in [-0.2, 0) is 6.54 Å². The quantitative estimate of drug-likeness (QED) is 0.856. The second-order valence-corrected chi connectivity index (χ2v) is 8.73. The van der Waals surface area contributed by atoms with Crippen molar-refractivity contribution in [2.75, 3.05) is 12.8 Å². The first-order valence-corrected chi connectivity index (χ1v) is 10.2. The maximum atomic E-state index is 12.3. The summed E-state index contributed by atoms with van der Waals surface area (Å²) >= 11 is 3.76. The van der Waals surface area contributed by atoms with E-state index >= 15 is 0 Å². The van der Waals surface area contributed by atoms with Crippen molar-refractivity contribution in [3.05, 3.63) is 16.1 Å². The van der Waals surface area contributed by atoms with E-state index in [1.165, 1.54) is 30.0 Å². The van der Waals surface area contributed by atoms with Crippen LogP contribution in [0.1, 0.15) is 55.6 Å². The third-order valence-electron chi connectivity index (χ3n) is 4.54. The van der Waals surface area contributed by atoms with Gasteiger partial charge in [-0.3, -0.25) is 0 Å². The van der Waals surface area contributed by atoms with Gasteiger partial charge in [-0.05, 0) is 37.9 Å². The molecule has 2 aliphatic carbocycles. The highest BCUT2D eigenvalue weighted by atomic mass is 32.2. The van der Waals surface area contributed by atoms with Gasteiger partial charge in [0.15, 0.2) is 0 Å². The SMILES string of the molecule is CCS[C@H]1CC[C@@H](N(C)C(=O)NCc2csc(C3CC3)n2)C1. The van der Waals surface area contributed by atoms with Crippen LogP contribution in [0.15, 0.2) is 5.38 Å². The van der Waals surface area contributed by atoms with Crippen LogP contribution in [0.3, 0.4) is 0 Å². The zero-order chi connectivity index (χ0) is 15.5. The molecular formula is C16H25N3OS2. The summed E-state index contributed by atoms with van der Waals surface area (Å²) < 4.78 is 0. The van der Waals surface area contributed by atoms with Crippen LogP contribution in [-0.4, -0.2) is 40.0 Å².